The maximum atomic E-state index is 10.6. The molecule has 8 heteroatoms. The molecule has 1 unspecified atom stereocenters. The number of ether oxygens (including phenoxy) is 1. The van der Waals surface area contributed by atoms with Crippen LogP contribution in [-0.4, -0.2) is 41.3 Å². The molecule has 1 aromatic carbocycles. The molecular weight excluding hydrogens is 312 g/mol. The minimum Gasteiger partial charge on any atom is -0.491 e. The molecule has 0 amide bonds. The molecule has 1 aliphatic rings. The number of hydrogen-bond donors (Lipinski definition) is 3. The number of hydrogen-bond acceptors (Lipinski definition) is 5. The summed E-state index contributed by atoms with van der Waals surface area (Å²) >= 11 is 0. The summed E-state index contributed by atoms with van der Waals surface area (Å²) in [4.78, 5) is 14.2. The number of nitrogens with two attached hydrogens (primary N) is 1. The number of benzene rings is 1. The van der Waals surface area contributed by atoms with Gasteiger partial charge in [0.15, 0.2) is 5.96 Å². The summed E-state index contributed by atoms with van der Waals surface area (Å²) in [5.74, 6) is 0.799. The van der Waals surface area contributed by atoms with E-state index in [1.165, 1.54) is 43.5 Å². The van der Waals surface area contributed by atoms with Crippen LogP contribution in [0.4, 0.5) is 5.69 Å². The first-order valence-electron chi connectivity index (χ1n) is 8.16. The third-order valence-corrected chi connectivity index (χ3v) is 3.92. The predicted molar refractivity (Wildman–Crippen MR) is 91.1 cm³/mol. The Morgan fingerprint density at radius 3 is 2.67 bits per heavy atom. The van der Waals surface area contributed by atoms with Gasteiger partial charge in [-0.15, -0.1) is 0 Å². The summed E-state index contributed by atoms with van der Waals surface area (Å²) in [5.41, 5.74) is 5.82. The third-order valence-electron chi connectivity index (χ3n) is 3.92. The highest BCUT2D eigenvalue weighted by atomic mass is 16.6. The fourth-order valence-electron chi connectivity index (χ4n) is 2.61. The molecule has 1 aromatic rings. The molecule has 0 aromatic heterocycles. The SMILES string of the molecule is NC(=NCC(O)COc1ccc([N+](=O)[O-])cc1)NC1CCCCC1. The van der Waals surface area contributed by atoms with Crippen LogP contribution < -0.4 is 15.8 Å². The Kier molecular flexibility index (Phi) is 6.80. The highest BCUT2D eigenvalue weighted by Gasteiger charge is 2.13. The van der Waals surface area contributed by atoms with Gasteiger partial charge >= 0.3 is 0 Å². The van der Waals surface area contributed by atoms with Crippen molar-refractivity contribution in [1.29, 1.82) is 0 Å². The number of aliphatic imine (C=N–C) groups is 1. The monoisotopic (exact) mass is 336 g/mol. The quantitative estimate of drug-likeness (QED) is 0.300. The van der Waals surface area contributed by atoms with Gasteiger partial charge in [0, 0.05) is 18.2 Å². The molecule has 1 saturated carbocycles. The maximum absolute atomic E-state index is 10.6. The van der Waals surface area contributed by atoms with Gasteiger partial charge < -0.3 is 20.9 Å². The Balaban J connectivity index is 1.70. The van der Waals surface area contributed by atoms with Crippen LogP contribution in [-0.2, 0) is 0 Å². The van der Waals surface area contributed by atoms with E-state index in [9.17, 15) is 15.2 Å². The summed E-state index contributed by atoms with van der Waals surface area (Å²) in [6.07, 6.45) is 5.08. The van der Waals surface area contributed by atoms with Crippen molar-refractivity contribution < 1.29 is 14.8 Å². The molecule has 0 saturated heterocycles. The van der Waals surface area contributed by atoms with Gasteiger partial charge in [-0.3, -0.25) is 15.1 Å². The Bertz CT molecular complexity index is 556. The van der Waals surface area contributed by atoms with Crippen LogP contribution in [0.2, 0.25) is 0 Å². The number of nitrogens with one attached hydrogen (secondary N) is 1. The molecule has 0 radical (unpaired) electrons. The first-order chi connectivity index (χ1) is 11.5. The number of aliphatic hydroxyl groups is 1. The van der Waals surface area contributed by atoms with Gasteiger partial charge in [0.2, 0.25) is 0 Å². The minimum atomic E-state index is -0.799. The second-order valence-corrected chi connectivity index (χ2v) is 5.92. The third kappa shape index (κ3) is 6.04. The van der Waals surface area contributed by atoms with Crippen LogP contribution in [0, 0.1) is 10.1 Å². The van der Waals surface area contributed by atoms with Crippen molar-refractivity contribution in [3.8, 4) is 5.75 Å². The minimum absolute atomic E-state index is 0.00550. The highest BCUT2D eigenvalue weighted by molar-refractivity contribution is 5.78. The normalized spacial score (nSPS) is 17.3. The zero-order valence-electron chi connectivity index (χ0n) is 13.6. The van der Waals surface area contributed by atoms with E-state index in [1.807, 2.05) is 0 Å². The van der Waals surface area contributed by atoms with E-state index >= 15 is 0 Å². The summed E-state index contributed by atoms with van der Waals surface area (Å²) in [5, 5.41) is 23.6. The molecule has 1 aliphatic carbocycles. The molecule has 1 atom stereocenters. The number of non-ortho nitro benzene ring substituents is 1. The van der Waals surface area contributed by atoms with E-state index in [0.29, 0.717) is 17.8 Å². The lowest BCUT2D eigenvalue weighted by Gasteiger charge is -2.23. The molecule has 4 N–H and O–H groups in total. The Morgan fingerprint density at radius 2 is 2.04 bits per heavy atom. The smallest absolute Gasteiger partial charge is 0.269 e. The summed E-state index contributed by atoms with van der Waals surface area (Å²) in [6, 6.07) is 6.06. The first-order valence-corrected chi connectivity index (χ1v) is 8.16. The van der Waals surface area contributed by atoms with Crippen molar-refractivity contribution in [2.45, 2.75) is 44.2 Å². The Hall–Kier alpha value is -2.35. The average molecular weight is 336 g/mol. The summed E-state index contributed by atoms with van der Waals surface area (Å²) in [6.45, 7) is 0.177. The van der Waals surface area contributed by atoms with Gasteiger partial charge in [0.1, 0.15) is 18.5 Å². The van der Waals surface area contributed by atoms with Crippen molar-refractivity contribution in [1.82, 2.24) is 5.32 Å². The number of rotatable bonds is 7. The van der Waals surface area contributed by atoms with E-state index in [1.54, 1.807) is 0 Å². The number of nitro benzene ring substituents is 1. The summed E-state index contributed by atoms with van der Waals surface area (Å²) in [7, 11) is 0. The zero-order chi connectivity index (χ0) is 17.4. The van der Waals surface area contributed by atoms with E-state index in [-0.39, 0.29) is 18.8 Å². The Morgan fingerprint density at radius 1 is 1.38 bits per heavy atom. The van der Waals surface area contributed by atoms with Crippen molar-refractivity contribution in [3.05, 3.63) is 34.4 Å². The van der Waals surface area contributed by atoms with Gasteiger partial charge in [-0.2, -0.15) is 0 Å². The second kappa shape index (κ2) is 9.07. The van der Waals surface area contributed by atoms with Crippen LogP contribution in [0.3, 0.4) is 0 Å². The van der Waals surface area contributed by atoms with E-state index in [2.05, 4.69) is 10.3 Å². The number of nitrogens with zero attached hydrogens (tertiary/aromatic N) is 2. The molecule has 24 heavy (non-hydrogen) atoms. The molecule has 0 heterocycles. The Labute approximate surface area is 140 Å². The second-order valence-electron chi connectivity index (χ2n) is 5.92. The van der Waals surface area contributed by atoms with Crippen LogP contribution in [0.15, 0.2) is 29.3 Å². The van der Waals surface area contributed by atoms with Crippen molar-refractivity contribution in [3.63, 3.8) is 0 Å². The highest BCUT2D eigenvalue weighted by Crippen LogP contribution is 2.18. The van der Waals surface area contributed by atoms with Crippen molar-refractivity contribution in [2.75, 3.05) is 13.2 Å². The van der Waals surface area contributed by atoms with Gasteiger partial charge in [-0.25, -0.2) is 0 Å². The molecule has 0 aliphatic heterocycles. The lowest BCUT2D eigenvalue weighted by molar-refractivity contribution is -0.384. The number of aliphatic hydroxyl groups excluding tert-OH is 1. The van der Waals surface area contributed by atoms with Crippen molar-refractivity contribution >= 4 is 11.6 Å². The predicted octanol–water partition coefficient (Wildman–Crippen LogP) is 1.57. The largest absolute Gasteiger partial charge is 0.491 e. The fraction of sp³-hybridized carbons (Fsp3) is 0.562. The van der Waals surface area contributed by atoms with E-state index in [4.69, 9.17) is 10.5 Å². The lowest BCUT2D eigenvalue weighted by Crippen LogP contribution is -2.41. The van der Waals surface area contributed by atoms with Crippen molar-refractivity contribution in [2.24, 2.45) is 10.7 Å². The zero-order valence-corrected chi connectivity index (χ0v) is 13.6. The lowest BCUT2D eigenvalue weighted by atomic mass is 9.96. The molecule has 0 spiro atoms. The van der Waals surface area contributed by atoms with Gasteiger partial charge in [0.05, 0.1) is 11.5 Å². The van der Waals surface area contributed by atoms with Gasteiger partial charge in [-0.05, 0) is 25.0 Å². The van der Waals surface area contributed by atoms with E-state index in [0.717, 1.165) is 12.8 Å². The topological polar surface area (TPSA) is 123 Å². The first kappa shape index (κ1) is 18.0. The van der Waals surface area contributed by atoms with E-state index < -0.39 is 11.0 Å². The molecule has 0 bridgehead atoms. The average Bonchev–Trinajstić information content (AvgIpc) is 2.59. The number of guanidine groups is 1. The standard InChI is InChI=1S/C16H24N4O4/c17-16(19-12-4-2-1-3-5-12)18-10-14(21)11-24-15-8-6-13(7-9-15)20(22)23/h6-9,12,14,21H,1-5,10-11H2,(H3,17,18,19). The summed E-state index contributed by atoms with van der Waals surface area (Å²) < 4.78 is 5.38. The fourth-order valence-corrected chi connectivity index (χ4v) is 2.61. The van der Waals surface area contributed by atoms with Gasteiger partial charge in [-0.1, -0.05) is 19.3 Å². The van der Waals surface area contributed by atoms with Gasteiger partial charge in [0.25, 0.3) is 5.69 Å². The van der Waals surface area contributed by atoms with Crippen LogP contribution >= 0.6 is 0 Å². The number of nitro groups is 1. The van der Waals surface area contributed by atoms with Crippen LogP contribution in [0.25, 0.3) is 0 Å². The maximum Gasteiger partial charge on any atom is 0.269 e. The molecule has 132 valence electrons. The molecular formula is C16H24N4O4. The molecule has 1 fully saturated rings. The molecule has 8 nitrogen and oxygen atoms in total. The molecule has 2 rings (SSSR count). The van der Waals surface area contributed by atoms with Crippen LogP contribution in [0.1, 0.15) is 32.1 Å². The van der Waals surface area contributed by atoms with Crippen LogP contribution in [0.5, 0.6) is 5.75 Å².